The highest BCUT2D eigenvalue weighted by molar-refractivity contribution is 5.91. The number of carboxylic acid groups (broad SMARTS) is 1. The molecule has 82 valence electrons. The standard InChI is InChI=1S/C10H7FN2O3/c1-13-8(11)6(10(15)16)7(14)5-3-2-4-12-9(5)13/h2-4H,1H3,(H,15,16). The molecule has 0 spiro atoms. The number of carbonyl (C=O) groups is 1. The lowest BCUT2D eigenvalue weighted by Crippen LogP contribution is -2.22. The van der Waals surface area contributed by atoms with Crippen LogP contribution in [0.4, 0.5) is 4.39 Å². The van der Waals surface area contributed by atoms with Gasteiger partial charge >= 0.3 is 5.97 Å². The number of hydrogen-bond acceptors (Lipinski definition) is 3. The van der Waals surface area contributed by atoms with Gasteiger partial charge in [0, 0.05) is 13.2 Å². The fourth-order valence-corrected chi connectivity index (χ4v) is 1.52. The van der Waals surface area contributed by atoms with Crippen LogP contribution in [0.1, 0.15) is 10.4 Å². The maximum Gasteiger partial charge on any atom is 0.344 e. The summed E-state index contributed by atoms with van der Waals surface area (Å²) in [7, 11) is 1.32. The van der Waals surface area contributed by atoms with Crippen LogP contribution in [0.5, 0.6) is 0 Å². The molecule has 0 aliphatic rings. The minimum absolute atomic E-state index is 0.0869. The Kier molecular flexibility index (Phi) is 2.19. The van der Waals surface area contributed by atoms with Gasteiger partial charge in [-0.2, -0.15) is 4.39 Å². The summed E-state index contributed by atoms with van der Waals surface area (Å²) in [6.07, 6.45) is 1.40. The summed E-state index contributed by atoms with van der Waals surface area (Å²) in [5, 5.41) is 8.84. The lowest BCUT2D eigenvalue weighted by Gasteiger charge is -2.07. The molecule has 0 amide bonds. The first-order valence-electron chi connectivity index (χ1n) is 4.40. The third kappa shape index (κ3) is 1.27. The molecule has 0 saturated heterocycles. The van der Waals surface area contributed by atoms with Crippen molar-refractivity contribution in [3.05, 3.63) is 40.1 Å². The Morgan fingerprint density at radius 3 is 2.88 bits per heavy atom. The van der Waals surface area contributed by atoms with Gasteiger partial charge in [0.15, 0.2) is 5.56 Å². The van der Waals surface area contributed by atoms with Gasteiger partial charge in [-0.15, -0.1) is 0 Å². The summed E-state index contributed by atoms with van der Waals surface area (Å²) in [5.74, 6) is -2.67. The molecule has 0 aromatic carbocycles. The maximum absolute atomic E-state index is 13.6. The van der Waals surface area contributed by atoms with E-state index in [1.54, 1.807) is 0 Å². The summed E-state index contributed by atoms with van der Waals surface area (Å²) in [6.45, 7) is 0. The number of fused-ring (bicyclic) bond motifs is 1. The van der Waals surface area contributed by atoms with E-state index < -0.39 is 22.9 Å². The molecular weight excluding hydrogens is 215 g/mol. The van der Waals surface area contributed by atoms with Crippen molar-refractivity contribution < 1.29 is 14.3 Å². The van der Waals surface area contributed by atoms with Gasteiger partial charge in [0.25, 0.3) is 0 Å². The van der Waals surface area contributed by atoms with Crippen molar-refractivity contribution in [2.24, 2.45) is 7.05 Å². The number of aromatic nitrogens is 2. The smallest absolute Gasteiger partial charge is 0.344 e. The van der Waals surface area contributed by atoms with Crippen molar-refractivity contribution in [2.75, 3.05) is 0 Å². The summed E-state index contributed by atoms with van der Waals surface area (Å²) in [6, 6.07) is 2.91. The van der Waals surface area contributed by atoms with E-state index in [-0.39, 0.29) is 11.0 Å². The number of carboxylic acids is 1. The molecule has 2 aromatic rings. The highest BCUT2D eigenvalue weighted by atomic mass is 19.1. The maximum atomic E-state index is 13.6. The van der Waals surface area contributed by atoms with Gasteiger partial charge in [-0.25, -0.2) is 9.78 Å². The second-order valence-electron chi connectivity index (χ2n) is 3.23. The number of rotatable bonds is 1. The Morgan fingerprint density at radius 2 is 2.25 bits per heavy atom. The van der Waals surface area contributed by atoms with Gasteiger partial charge in [-0.05, 0) is 12.1 Å². The van der Waals surface area contributed by atoms with Crippen molar-refractivity contribution in [2.45, 2.75) is 0 Å². The average Bonchev–Trinajstić information content (AvgIpc) is 2.26. The topological polar surface area (TPSA) is 72.2 Å². The van der Waals surface area contributed by atoms with E-state index in [2.05, 4.69) is 4.98 Å². The van der Waals surface area contributed by atoms with Gasteiger partial charge in [-0.3, -0.25) is 4.79 Å². The predicted octanol–water partition coefficient (Wildman–Crippen LogP) is 0.771. The lowest BCUT2D eigenvalue weighted by molar-refractivity contribution is 0.0688. The Hall–Kier alpha value is -2.24. The third-order valence-electron chi connectivity index (χ3n) is 2.29. The van der Waals surface area contributed by atoms with E-state index in [1.165, 1.54) is 25.4 Å². The van der Waals surface area contributed by atoms with E-state index in [4.69, 9.17) is 5.11 Å². The first-order valence-corrected chi connectivity index (χ1v) is 4.40. The van der Waals surface area contributed by atoms with Crippen LogP contribution in [0, 0.1) is 5.95 Å². The van der Waals surface area contributed by atoms with Crippen LogP contribution in [0.25, 0.3) is 11.0 Å². The molecule has 2 aromatic heterocycles. The second kappa shape index (κ2) is 3.41. The molecule has 16 heavy (non-hydrogen) atoms. The highest BCUT2D eigenvalue weighted by Crippen LogP contribution is 2.11. The molecule has 2 heterocycles. The van der Waals surface area contributed by atoms with E-state index >= 15 is 0 Å². The van der Waals surface area contributed by atoms with Crippen molar-refractivity contribution in [1.29, 1.82) is 0 Å². The zero-order valence-corrected chi connectivity index (χ0v) is 8.27. The van der Waals surface area contributed by atoms with Crippen LogP contribution in [-0.4, -0.2) is 20.6 Å². The van der Waals surface area contributed by atoms with Crippen LogP contribution >= 0.6 is 0 Å². The third-order valence-corrected chi connectivity index (χ3v) is 2.29. The molecule has 0 atom stereocenters. The van der Waals surface area contributed by atoms with E-state index in [0.717, 1.165) is 4.57 Å². The number of halogens is 1. The van der Waals surface area contributed by atoms with Crippen molar-refractivity contribution in [3.8, 4) is 0 Å². The molecule has 0 aliphatic carbocycles. The summed E-state index contributed by atoms with van der Waals surface area (Å²) in [5.41, 5.74) is -1.59. The molecule has 0 radical (unpaired) electrons. The van der Waals surface area contributed by atoms with Gasteiger partial charge in [0.05, 0.1) is 5.39 Å². The molecule has 1 N–H and O–H groups in total. The number of pyridine rings is 2. The molecule has 2 rings (SSSR count). The first kappa shape index (κ1) is 10.3. The Morgan fingerprint density at radius 1 is 1.56 bits per heavy atom. The minimum Gasteiger partial charge on any atom is -0.477 e. The molecule has 0 saturated carbocycles. The van der Waals surface area contributed by atoms with Crippen molar-refractivity contribution >= 4 is 17.0 Å². The molecule has 0 unspecified atom stereocenters. The van der Waals surface area contributed by atoms with Crippen molar-refractivity contribution in [3.63, 3.8) is 0 Å². The van der Waals surface area contributed by atoms with E-state index in [1.807, 2.05) is 0 Å². The molecule has 6 heteroatoms. The van der Waals surface area contributed by atoms with Crippen LogP contribution in [0.3, 0.4) is 0 Å². The molecular formula is C10H7FN2O3. The molecule has 0 fully saturated rings. The fourth-order valence-electron chi connectivity index (χ4n) is 1.52. The minimum atomic E-state index is -1.58. The lowest BCUT2D eigenvalue weighted by atomic mass is 10.2. The zero-order valence-electron chi connectivity index (χ0n) is 8.27. The fraction of sp³-hybridized carbons (Fsp3) is 0.100. The Balaban J connectivity index is 3.07. The van der Waals surface area contributed by atoms with Gasteiger partial charge in [-0.1, -0.05) is 0 Å². The van der Waals surface area contributed by atoms with Gasteiger partial charge < -0.3 is 9.67 Å². The first-order chi connectivity index (χ1) is 7.54. The number of nitrogens with zero attached hydrogens (tertiary/aromatic N) is 2. The molecule has 5 nitrogen and oxygen atoms in total. The molecule has 0 bridgehead atoms. The second-order valence-corrected chi connectivity index (χ2v) is 3.23. The van der Waals surface area contributed by atoms with Gasteiger partial charge in [0.2, 0.25) is 11.4 Å². The SMILES string of the molecule is Cn1c(F)c(C(=O)O)c(=O)c2cccnc21. The average molecular weight is 222 g/mol. The molecule has 0 aliphatic heterocycles. The normalized spacial score (nSPS) is 10.6. The summed E-state index contributed by atoms with van der Waals surface area (Å²) < 4.78 is 14.5. The van der Waals surface area contributed by atoms with Crippen LogP contribution in [-0.2, 0) is 7.05 Å². The van der Waals surface area contributed by atoms with Crippen LogP contribution in [0.15, 0.2) is 23.1 Å². The largest absolute Gasteiger partial charge is 0.477 e. The number of aryl methyl sites for hydroxylation is 1. The summed E-state index contributed by atoms with van der Waals surface area (Å²) >= 11 is 0. The van der Waals surface area contributed by atoms with Gasteiger partial charge in [0.1, 0.15) is 5.65 Å². The Bertz CT molecular complexity index is 648. The number of hydrogen-bond donors (Lipinski definition) is 1. The monoisotopic (exact) mass is 222 g/mol. The van der Waals surface area contributed by atoms with Crippen LogP contribution in [0.2, 0.25) is 0 Å². The predicted molar refractivity (Wildman–Crippen MR) is 53.9 cm³/mol. The summed E-state index contributed by atoms with van der Waals surface area (Å²) in [4.78, 5) is 26.3. The Labute approximate surface area is 88.8 Å². The van der Waals surface area contributed by atoms with Crippen molar-refractivity contribution in [1.82, 2.24) is 9.55 Å². The highest BCUT2D eigenvalue weighted by Gasteiger charge is 2.20. The quantitative estimate of drug-likeness (QED) is 0.723. The zero-order chi connectivity index (χ0) is 11.9. The van der Waals surface area contributed by atoms with E-state index in [9.17, 15) is 14.0 Å². The number of aromatic carboxylic acids is 1. The van der Waals surface area contributed by atoms with Crippen LogP contribution < -0.4 is 5.43 Å². The van der Waals surface area contributed by atoms with E-state index in [0.29, 0.717) is 0 Å².